The molecule has 0 radical (unpaired) electrons. The number of hydrogen-bond donors (Lipinski definition) is 1. The van der Waals surface area contributed by atoms with E-state index in [2.05, 4.69) is 14.7 Å². The molecule has 0 spiro atoms. The van der Waals surface area contributed by atoms with Crippen LogP contribution in [0.5, 0.6) is 0 Å². The first-order chi connectivity index (χ1) is 6.63. The smallest absolute Gasteiger partial charge is 0.282 e. The van der Waals surface area contributed by atoms with E-state index in [1.54, 1.807) is 14.0 Å². The van der Waals surface area contributed by atoms with Crippen molar-refractivity contribution in [3.63, 3.8) is 0 Å². The number of carbonyl (C=O) groups is 1. The number of ether oxygens (including phenoxy) is 1. The van der Waals surface area contributed by atoms with Gasteiger partial charge in [0.2, 0.25) is 5.01 Å². The Balaban J connectivity index is 2.50. The average Bonchev–Trinajstić information content (AvgIpc) is 2.52. The molecule has 1 N–H and O–H groups in total. The van der Waals surface area contributed by atoms with Gasteiger partial charge in [0.25, 0.3) is 5.91 Å². The quantitative estimate of drug-likeness (QED) is 0.799. The predicted octanol–water partition coefficient (Wildman–Crippen LogP) is 0.611. The summed E-state index contributed by atoms with van der Waals surface area (Å²) in [5.74, 6) is 0.430. The first-order valence-electron chi connectivity index (χ1n) is 4.23. The van der Waals surface area contributed by atoms with Gasteiger partial charge in [0.05, 0.1) is 6.61 Å². The van der Waals surface area contributed by atoms with Gasteiger partial charge in [-0.15, -0.1) is 0 Å². The Morgan fingerprint density at radius 1 is 1.71 bits per heavy atom. The van der Waals surface area contributed by atoms with Crippen molar-refractivity contribution in [2.24, 2.45) is 0 Å². The highest BCUT2D eigenvalue weighted by atomic mass is 32.1. The topological polar surface area (TPSA) is 64.1 Å². The summed E-state index contributed by atoms with van der Waals surface area (Å²) in [5.41, 5.74) is 0. The van der Waals surface area contributed by atoms with Gasteiger partial charge in [-0.3, -0.25) is 4.79 Å². The second-order valence-electron chi connectivity index (χ2n) is 2.98. The fourth-order valence-corrected chi connectivity index (χ4v) is 1.54. The van der Waals surface area contributed by atoms with Gasteiger partial charge in [0.1, 0.15) is 5.82 Å². The van der Waals surface area contributed by atoms with Crippen LogP contribution in [0, 0.1) is 6.92 Å². The molecule has 1 heterocycles. The van der Waals surface area contributed by atoms with E-state index in [4.69, 9.17) is 4.74 Å². The molecule has 1 amide bonds. The van der Waals surface area contributed by atoms with Crippen LogP contribution in [0.2, 0.25) is 0 Å². The lowest BCUT2D eigenvalue weighted by Gasteiger charge is -2.10. The van der Waals surface area contributed by atoms with E-state index in [0.29, 0.717) is 17.4 Å². The van der Waals surface area contributed by atoms with Crippen LogP contribution >= 0.6 is 11.5 Å². The molecule has 78 valence electrons. The second-order valence-corrected chi connectivity index (χ2v) is 3.73. The molecule has 0 aliphatic rings. The highest BCUT2D eigenvalue weighted by Crippen LogP contribution is 2.03. The minimum absolute atomic E-state index is 0.0169. The van der Waals surface area contributed by atoms with E-state index >= 15 is 0 Å². The van der Waals surface area contributed by atoms with Crippen molar-refractivity contribution in [2.45, 2.75) is 19.9 Å². The third kappa shape index (κ3) is 3.04. The van der Waals surface area contributed by atoms with Crippen molar-refractivity contribution in [1.29, 1.82) is 0 Å². The fraction of sp³-hybridized carbons (Fsp3) is 0.625. The molecule has 5 nitrogen and oxygen atoms in total. The van der Waals surface area contributed by atoms with Crippen LogP contribution in [0.25, 0.3) is 0 Å². The Kier molecular flexibility index (Phi) is 3.97. The lowest BCUT2D eigenvalue weighted by atomic mass is 10.3. The SMILES string of the molecule is COCC(C)NC(=O)c1nc(C)ns1. The van der Waals surface area contributed by atoms with Crippen molar-refractivity contribution in [2.75, 3.05) is 13.7 Å². The number of aryl methyl sites for hydroxylation is 1. The first-order valence-corrected chi connectivity index (χ1v) is 5.01. The van der Waals surface area contributed by atoms with Gasteiger partial charge >= 0.3 is 0 Å². The fourth-order valence-electron chi connectivity index (χ4n) is 0.966. The van der Waals surface area contributed by atoms with Crippen LogP contribution < -0.4 is 5.32 Å². The van der Waals surface area contributed by atoms with E-state index in [9.17, 15) is 4.79 Å². The number of nitrogens with zero attached hydrogens (tertiary/aromatic N) is 2. The molecule has 0 aromatic carbocycles. The second kappa shape index (κ2) is 5.02. The van der Waals surface area contributed by atoms with Crippen LogP contribution in [-0.2, 0) is 4.74 Å². The van der Waals surface area contributed by atoms with Crippen molar-refractivity contribution in [1.82, 2.24) is 14.7 Å². The molecule has 0 aliphatic heterocycles. The Hall–Kier alpha value is -1.01. The summed E-state index contributed by atoms with van der Waals surface area (Å²) in [5, 5.41) is 3.15. The van der Waals surface area contributed by atoms with Crippen LogP contribution in [0.3, 0.4) is 0 Å². The van der Waals surface area contributed by atoms with Gasteiger partial charge in [-0.25, -0.2) is 4.98 Å². The van der Waals surface area contributed by atoms with E-state index in [1.165, 1.54) is 0 Å². The van der Waals surface area contributed by atoms with Gasteiger partial charge in [0.15, 0.2) is 0 Å². The Bertz CT molecular complexity index is 313. The Labute approximate surface area is 86.7 Å². The van der Waals surface area contributed by atoms with Crippen molar-refractivity contribution in [3.8, 4) is 0 Å². The number of methoxy groups -OCH3 is 1. The molecule has 1 aromatic rings. The van der Waals surface area contributed by atoms with Crippen LogP contribution in [0.4, 0.5) is 0 Å². The summed E-state index contributed by atoms with van der Waals surface area (Å²) < 4.78 is 8.83. The summed E-state index contributed by atoms with van der Waals surface area (Å²) in [6, 6.07) is -0.0169. The number of carbonyl (C=O) groups excluding carboxylic acids is 1. The minimum Gasteiger partial charge on any atom is -0.383 e. The number of amides is 1. The number of nitrogens with one attached hydrogen (secondary N) is 1. The van der Waals surface area contributed by atoms with E-state index in [0.717, 1.165) is 11.5 Å². The summed E-state index contributed by atoms with van der Waals surface area (Å²) in [7, 11) is 1.59. The lowest BCUT2D eigenvalue weighted by molar-refractivity contribution is 0.0905. The zero-order valence-electron chi connectivity index (χ0n) is 8.40. The molecular weight excluding hydrogens is 202 g/mol. The zero-order chi connectivity index (χ0) is 10.6. The third-order valence-corrected chi connectivity index (χ3v) is 2.32. The van der Waals surface area contributed by atoms with Crippen LogP contribution in [0.1, 0.15) is 22.6 Å². The van der Waals surface area contributed by atoms with E-state index in [1.807, 2.05) is 6.92 Å². The molecule has 0 bridgehead atoms. The van der Waals surface area contributed by atoms with Crippen molar-refractivity contribution >= 4 is 17.4 Å². The summed E-state index contributed by atoms with van der Waals surface area (Å²) >= 11 is 1.10. The van der Waals surface area contributed by atoms with Gasteiger partial charge < -0.3 is 10.1 Å². The average molecular weight is 215 g/mol. The summed E-state index contributed by atoms with van der Waals surface area (Å²) in [6.45, 7) is 4.12. The molecule has 1 rings (SSSR count). The summed E-state index contributed by atoms with van der Waals surface area (Å²) in [6.07, 6.45) is 0. The van der Waals surface area contributed by atoms with Crippen molar-refractivity contribution in [3.05, 3.63) is 10.8 Å². The number of hydrogen-bond acceptors (Lipinski definition) is 5. The molecule has 14 heavy (non-hydrogen) atoms. The Morgan fingerprint density at radius 3 is 2.93 bits per heavy atom. The van der Waals surface area contributed by atoms with Crippen LogP contribution in [0.15, 0.2) is 0 Å². The predicted molar refractivity (Wildman–Crippen MR) is 53.5 cm³/mol. The maximum absolute atomic E-state index is 11.5. The van der Waals surface area contributed by atoms with Gasteiger partial charge in [-0.05, 0) is 25.4 Å². The zero-order valence-corrected chi connectivity index (χ0v) is 9.22. The van der Waals surface area contributed by atoms with Crippen molar-refractivity contribution < 1.29 is 9.53 Å². The molecule has 6 heteroatoms. The maximum Gasteiger partial charge on any atom is 0.282 e. The Morgan fingerprint density at radius 2 is 2.43 bits per heavy atom. The summed E-state index contributed by atoms with van der Waals surface area (Å²) in [4.78, 5) is 15.5. The highest BCUT2D eigenvalue weighted by Gasteiger charge is 2.13. The molecular formula is C8H13N3O2S. The standard InChI is InChI=1S/C8H13N3O2S/c1-5(4-13-3)9-7(12)8-10-6(2)11-14-8/h5H,4H2,1-3H3,(H,9,12). The monoisotopic (exact) mass is 215 g/mol. The van der Waals surface area contributed by atoms with Gasteiger partial charge in [-0.2, -0.15) is 4.37 Å². The van der Waals surface area contributed by atoms with Crippen LogP contribution in [-0.4, -0.2) is 35.0 Å². The van der Waals surface area contributed by atoms with E-state index in [-0.39, 0.29) is 11.9 Å². The molecule has 1 aromatic heterocycles. The molecule has 0 saturated heterocycles. The normalized spacial score (nSPS) is 12.5. The first kappa shape index (κ1) is 11.1. The van der Waals surface area contributed by atoms with E-state index < -0.39 is 0 Å². The molecule has 1 unspecified atom stereocenters. The lowest BCUT2D eigenvalue weighted by Crippen LogP contribution is -2.35. The molecule has 0 fully saturated rings. The largest absolute Gasteiger partial charge is 0.383 e. The van der Waals surface area contributed by atoms with Gasteiger partial charge in [0, 0.05) is 13.2 Å². The highest BCUT2D eigenvalue weighted by molar-refractivity contribution is 7.07. The minimum atomic E-state index is -0.194. The molecule has 1 atom stereocenters. The number of rotatable bonds is 4. The number of aromatic nitrogens is 2. The molecule has 0 saturated carbocycles. The van der Waals surface area contributed by atoms with Gasteiger partial charge in [-0.1, -0.05) is 0 Å². The maximum atomic E-state index is 11.5. The molecule has 0 aliphatic carbocycles. The third-order valence-electron chi connectivity index (χ3n) is 1.52.